The Labute approximate surface area is 264 Å². The van der Waals surface area contributed by atoms with Gasteiger partial charge in [-0.1, -0.05) is 7.43 Å². The molecule has 0 atom stereocenters. The smallest absolute Gasteiger partial charge is 0.790 e. The van der Waals surface area contributed by atoms with Crippen LogP contribution in [0.15, 0.2) is 30.5 Å². The van der Waals surface area contributed by atoms with Crippen LogP contribution >= 0.6 is 7.82 Å². The van der Waals surface area contributed by atoms with Crippen LogP contribution < -0.4 is 63.2 Å². The van der Waals surface area contributed by atoms with Gasteiger partial charge < -0.3 is 37.8 Å². The summed E-state index contributed by atoms with van der Waals surface area (Å²) >= 11 is 0. The Bertz CT molecular complexity index is 1460. The number of halogens is 1. The molecule has 0 aliphatic carbocycles. The molecule has 2 aromatic heterocycles. The van der Waals surface area contributed by atoms with Crippen LogP contribution in [-0.2, 0) is 26.7 Å². The largest absolute Gasteiger partial charge is 1.00 e. The van der Waals surface area contributed by atoms with Crippen LogP contribution in [0.1, 0.15) is 44.0 Å². The fraction of sp³-hybridized carbons (Fsp3) is 0.385. The van der Waals surface area contributed by atoms with Crippen molar-refractivity contribution in [3.63, 3.8) is 0 Å². The normalized spacial score (nSPS) is 13.7. The van der Waals surface area contributed by atoms with Crippen LogP contribution in [0.25, 0.3) is 0 Å². The Morgan fingerprint density at radius 1 is 1.05 bits per heavy atom. The van der Waals surface area contributed by atoms with E-state index < -0.39 is 31.9 Å². The van der Waals surface area contributed by atoms with Crippen LogP contribution in [0.5, 0.6) is 23.0 Å². The molecule has 13 nitrogen and oxygen atoms in total. The first-order valence-electron chi connectivity index (χ1n) is 11.8. The van der Waals surface area contributed by atoms with Crippen LogP contribution in [0, 0.1) is 5.82 Å². The third kappa shape index (κ3) is 7.95. The summed E-state index contributed by atoms with van der Waals surface area (Å²) in [5.41, 5.74) is -0.347. The van der Waals surface area contributed by atoms with Crippen molar-refractivity contribution < 1.29 is 76.6 Å². The number of ether oxygens (including phenoxy) is 4. The van der Waals surface area contributed by atoms with Crippen molar-refractivity contribution in [1.29, 1.82) is 0 Å². The van der Waals surface area contributed by atoms with E-state index in [1.165, 1.54) is 41.2 Å². The first-order chi connectivity index (χ1) is 18.8. The number of carbonyl (C=O) groups excluding carboxylic acids is 1. The van der Waals surface area contributed by atoms with Gasteiger partial charge in [0.1, 0.15) is 12.6 Å². The molecule has 4 rings (SSSR count). The molecule has 0 saturated carbocycles. The van der Waals surface area contributed by atoms with Gasteiger partial charge >= 0.3 is 29.6 Å². The second-order valence-corrected chi connectivity index (χ2v) is 10.3. The zero-order valence-corrected chi connectivity index (χ0v) is 26.2. The molecule has 0 radical (unpaired) electrons. The van der Waals surface area contributed by atoms with Crippen molar-refractivity contribution in [2.45, 2.75) is 39.7 Å². The molecule has 1 aromatic carbocycles. The standard InChI is InChI=1S/C25H28FN4O9P.CH4.Na/c1-25(2)24(31)30(13-38-40(32,33)34)23-18(39-25)7-6-15(28-23)11-17-16(26)12-27-21(29-17)10-14-8-19(35-3)22(37-5)20(9-14)36-4;;/h6-9,12H,10-11,13H2,1-5H3,(H2,32,33,34);1H4;/q;;+1/p-2. The molecule has 0 bridgehead atoms. The zero-order chi connectivity index (χ0) is 29.2. The molecular formula is C26H30FN4NaO9P-. The maximum absolute atomic E-state index is 14.7. The molecular weight excluding hydrogens is 585 g/mol. The van der Waals surface area contributed by atoms with Gasteiger partial charge in [0.15, 0.2) is 34.5 Å². The number of hydrogen-bond acceptors (Lipinski definition) is 12. The van der Waals surface area contributed by atoms with Crippen molar-refractivity contribution in [2.75, 3.05) is 33.0 Å². The number of amides is 1. The predicted octanol–water partition coefficient (Wildman–Crippen LogP) is -0.835. The Morgan fingerprint density at radius 2 is 1.69 bits per heavy atom. The molecule has 0 saturated heterocycles. The molecule has 1 aliphatic rings. The van der Waals surface area contributed by atoms with Gasteiger partial charge in [-0.05, 0) is 43.7 Å². The summed E-state index contributed by atoms with van der Waals surface area (Å²) in [6.07, 6.45) is 1.16. The van der Waals surface area contributed by atoms with E-state index in [4.69, 9.17) is 18.9 Å². The minimum Gasteiger partial charge on any atom is -0.790 e. The molecule has 42 heavy (non-hydrogen) atoms. The van der Waals surface area contributed by atoms with Crippen LogP contribution in [0.4, 0.5) is 10.2 Å². The molecule has 222 valence electrons. The fourth-order valence-electron chi connectivity index (χ4n) is 4.08. The predicted molar refractivity (Wildman–Crippen MR) is 140 cm³/mol. The van der Waals surface area contributed by atoms with E-state index in [9.17, 15) is 23.5 Å². The van der Waals surface area contributed by atoms with Crippen molar-refractivity contribution in [3.8, 4) is 23.0 Å². The van der Waals surface area contributed by atoms with Gasteiger partial charge in [0, 0.05) is 18.5 Å². The van der Waals surface area contributed by atoms with Crippen LogP contribution in [0.3, 0.4) is 0 Å². The maximum Gasteiger partial charge on any atom is 1.00 e. The summed E-state index contributed by atoms with van der Waals surface area (Å²) in [6.45, 7) is 2.05. The molecule has 1 amide bonds. The molecule has 0 spiro atoms. The third-order valence-electron chi connectivity index (χ3n) is 5.92. The second-order valence-electron chi connectivity index (χ2n) is 9.14. The Kier molecular flexibility index (Phi) is 11.9. The van der Waals surface area contributed by atoms with Crippen molar-refractivity contribution in [2.24, 2.45) is 0 Å². The average Bonchev–Trinajstić information content (AvgIpc) is 2.89. The number of hydrogen-bond donors (Lipinski definition) is 0. The fourth-order valence-corrected chi connectivity index (χ4v) is 4.34. The van der Waals surface area contributed by atoms with Gasteiger partial charge in [0.25, 0.3) is 5.91 Å². The molecule has 0 fully saturated rings. The maximum atomic E-state index is 14.7. The van der Waals surface area contributed by atoms with E-state index in [0.717, 1.165) is 16.7 Å². The van der Waals surface area contributed by atoms with Gasteiger partial charge in [-0.3, -0.25) is 9.69 Å². The minimum absolute atomic E-state index is 0. The minimum atomic E-state index is -5.39. The van der Waals surface area contributed by atoms with Gasteiger partial charge in [-0.25, -0.2) is 19.3 Å². The summed E-state index contributed by atoms with van der Waals surface area (Å²) in [5.74, 6) is 0.316. The number of methoxy groups -OCH3 is 3. The number of rotatable bonds is 10. The van der Waals surface area contributed by atoms with Gasteiger partial charge in [-0.15, -0.1) is 0 Å². The van der Waals surface area contributed by atoms with E-state index in [2.05, 4.69) is 19.5 Å². The zero-order valence-electron chi connectivity index (χ0n) is 23.3. The SMILES string of the molecule is C.COc1cc(Cc2ncc(F)c(Cc3ccc4c(n3)N(COP(=O)([O-])[O-])C(=O)C(C)(C)O4)n2)cc(OC)c1OC.[Na+]. The number of aromatic nitrogens is 3. The molecule has 3 aromatic rings. The quantitative estimate of drug-likeness (QED) is 0.205. The van der Waals surface area contributed by atoms with Gasteiger partial charge in [0.2, 0.25) is 5.75 Å². The molecule has 16 heteroatoms. The topological polar surface area (TPSA) is 168 Å². The summed E-state index contributed by atoms with van der Waals surface area (Å²) < 4.78 is 51.9. The number of phosphoric ester groups is 1. The number of carbonyl (C=O) groups is 1. The summed E-state index contributed by atoms with van der Waals surface area (Å²) in [7, 11) is -0.912. The number of pyridine rings is 1. The summed E-state index contributed by atoms with van der Waals surface area (Å²) in [4.78, 5) is 48.7. The molecule has 3 heterocycles. The van der Waals surface area contributed by atoms with E-state index >= 15 is 0 Å². The first-order valence-corrected chi connectivity index (χ1v) is 13.3. The van der Waals surface area contributed by atoms with Gasteiger partial charge in [-0.2, -0.15) is 0 Å². The van der Waals surface area contributed by atoms with Crippen molar-refractivity contribution in [1.82, 2.24) is 15.0 Å². The third-order valence-corrected chi connectivity index (χ3v) is 6.36. The summed E-state index contributed by atoms with van der Waals surface area (Å²) in [5, 5.41) is 0. The number of fused-ring (bicyclic) bond motifs is 1. The van der Waals surface area contributed by atoms with Crippen LogP contribution in [0.2, 0.25) is 0 Å². The monoisotopic (exact) mass is 615 g/mol. The van der Waals surface area contributed by atoms with Crippen molar-refractivity contribution >= 4 is 19.5 Å². The van der Waals surface area contributed by atoms with E-state index in [1.54, 1.807) is 18.2 Å². The van der Waals surface area contributed by atoms with E-state index in [1.807, 2.05) is 0 Å². The number of nitrogens with zero attached hydrogens (tertiary/aromatic N) is 4. The Morgan fingerprint density at radius 3 is 2.26 bits per heavy atom. The Hall–Kier alpha value is -2.84. The van der Waals surface area contributed by atoms with E-state index in [0.29, 0.717) is 23.1 Å². The van der Waals surface area contributed by atoms with Crippen LogP contribution in [-0.4, -0.2) is 54.5 Å². The molecule has 0 unspecified atom stereocenters. The van der Waals surface area contributed by atoms with E-state index in [-0.39, 0.29) is 72.8 Å². The number of benzene rings is 1. The molecule has 1 aliphatic heterocycles. The molecule has 0 N–H and O–H groups in total. The first kappa shape index (κ1) is 35.4. The Balaban J connectivity index is 0.00000308. The summed E-state index contributed by atoms with van der Waals surface area (Å²) in [6, 6.07) is 6.52. The number of phosphoric acid groups is 1. The van der Waals surface area contributed by atoms with Crippen molar-refractivity contribution in [3.05, 3.63) is 59.1 Å². The average molecular weight is 616 g/mol. The second kappa shape index (κ2) is 14.1. The van der Waals surface area contributed by atoms with Gasteiger partial charge in [0.05, 0.1) is 41.0 Å². The number of anilines is 1.